The van der Waals surface area contributed by atoms with Gasteiger partial charge in [0.2, 0.25) is 0 Å². The van der Waals surface area contributed by atoms with E-state index in [-0.39, 0.29) is 41.7 Å². The van der Waals surface area contributed by atoms with Crippen molar-refractivity contribution in [1.29, 1.82) is 0 Å². The van der Waals surface area contributed by atoms with Crippen LogP contribution in [0.25, 0.3) is 0 Å². The average Bonchev–Trinajstić information content (AvgIpc) is 3.39. The number of carbonyl (C=O) groups excluding carboxylic acids is 3. The van der Waals surface area contributed by atoms with Crippen LogP contribution in [-0.2, 0) is 4.79 Å². The second-order valence-corrected chi connectivity index (χ2v) is 6.79. The Morgan fingerprint density at radius 1 is 1.11 bits per heavy atom. The first-order valence-electron chi connectivity index (χ1n) is 10.2. The van der Waals surface area contributed by atoms with Crippen LogP contribution in [0.15, 0.2) is 70.4 Å². The number of esters is 1. The summed E-state index contributed by atoms with van der Waals surface area (Å²) in [5, 5.41) is 17.0. The third-order valence-electron chi connectivity index (χ3n) is 4.34. The Kier molecular flexibility index (Phi) is 8.27. The van der Waals surface area contributed by atoms with Crippen LogP contribution >= 0.6 is 0 Å². The molecule has 0 aliphatic heterocycles. The van der Waals surface area contributed by atoms with Crippen LogP contribution < -0.4 is 20.2 Å². The van der Waals surface area contributed by atoms with E-state index >= 15 is 0 Å². The molecule has 0 spiro atoms. The summed E-state index contributed by atoms with van der Waals surface area (Å²) in [6, 6.07) is 12.6. The lowest BCUT2D eigenvalue weighted by molar-refractivity contribution is -0.384. The zero-order valence-corrected chi connectivity index (χ0v) is 18.4. The monoisotopic (exact) mass is 480 g/mol. The summed E-state index contributed by atoms with van der Waals surface area (Å²) >= 11 is 0. The van der Waals surface area contributed by atoms with Gasteiger partial charge in [0, 0.05) is 12.1 Å². The molecule has 0 radical (unpaired) electrons. The SMILES string of the molecule is CCOc1cc(/C=N/NC(=O)CNC(=O)c2ccco2)ccc1OC(=O)c1ccc([N+](=O)[O-])cc1. The van der Waals surface area contributed by atoms with Gasteiger partial charge in [-0.1, -0.05) is 0 Å². The molecule has 0 aliphatic rings. The number of furan rings is 1. The Morgan fingerprint density at radius 2 is 1.89 bits per heavy atom. The molecule has 180 valence electrons. The Morgan fingerprint density at radius 3 is 2.54 bits per heavy atom. The number of nitrogens with zero attached hydrogens (tertiary/aromatic N) is 2. The first-order chi connectivity index (χ1) is 16.9. The van der Waals surface area contributed by atoms with Gasteiger partial charge in [-0.2, -0.15) is 5.10 Å². The maximum Gasteiger partial charge on any atom is 0.343 e. The highest BCUT2D eigenvalue weighted by Gasteiger charge is 2.15. The van der Waals surface area contributed by atoms with Crippen molar-refractivity contribution in [1.82, 2.24) is 10.7 Å². The van der Waals surface area contributed by atoms with Crippen LogP contribution in [0.2, 0.25) is 0 Å². The number of carbonyl (C=O) groups is 3. The zero-order chi connectivity index (χ0) is 25.2. The molecule has 1 aromatic heterocycles. The molecule has 2 N–H and O–H groups in total. The molecular weight excluding hydrogens is 460 g/mol. The summed E-state index contributed by atoms with van der Waals surface area (Å²) in [7, 11) is 0. The molecule has 2 amide bonds. The number of non-ortho nitro benzene ring substituents is 1. The zero-order valence-electron chi connectivity index (χ0n) is 18.4. The van der Waals surface area contributed by atoms with Crippen molar-refractivity contribution in [2.45, 2.75) is 6.92 Å². The first-order valence-corrected chi connectivity index (χ1v) is 10.2. The largest absolute Gasteiger partial charge is 0.490 e. The van der Waals surface area contributed by atoms with Crippen molar-refractivity contribution in [2.24, 2.45) is 5.10 Å². The van der Waals surface area contributed by atoms with Crippen molar-refractivity contribution in [2.75, 3.05) is 13.2 Å². The van der Waals surface area contributed by atoms with Gasteiger partial charge in [-0.25, -0.2) is 10.2 Å². The van der Waals surface area contributed by atoms with E-state index in [1.54, 1.807) is 25.1 Å². The summed E-state index contributed by atoms with van der Waals surface area (Å²) in [5.74, 6) is -1.33. The van der Waals surface area contributed by atoms with E-state index in [4.69, 9.17) is 13.9 Å². The van der Waals surface area contributed by atoms with Gasteiger partial charge in [-0.3, -0.25) is 19.7 Å². The molecule has 0 saturated carbocycles. The number of nitro groups is 1. The van der Waals surface area contributed by atoms with E-state index < -0.39 is 22.7 Å². The standard InChI is InChI=1S/C23H20N4O8/c1-2-33-20-12-15(13-25-26-21(28)14-24-22(29)19-4-3-11-34-19)5-10-18(20)35-23(30)16-6-8-17(9-7-16)27(31)32/h3-13H,2,14H2,1H3,(H,24,29)(H,26,28)/b25-13+. The van der Waals surface area contributed by atoms with Crippen LogP contribution in [0.4, 0.5) is 5.69 Å². The number of nitrogens with one attached hydrogen (secondary N) is 2. The summed E-state index contributed by atoms with van der Waals surface area (Å²) in [6.07, 6.45) is 2.69. The lowest BCUT2D eigenvalue weighted by Crippen LogP contribution is -2.34. The number of amides is 2. The highest BCUT2D eigenvalue weighted by atomic mass is 16.6. The molecule has 1 heterocycles. The summed E-state index contributed by atoms with van der Waals surface area (Å²) in [5.41, 5.74) is 2.79. The predicted molar refractivity (Wildman–Crippen MR) is 122 cm³/mol. The van der Waals surface area contributed by atoms with Crippen molar-refractivity contribution in [3.63, 3.8) is 0 Å². The number of benzene rings is 2. The van der Waals surface area contributed by atoms with Crippen LogP contribution in [0.1, 0.15) is 33.4 Å². The summed E-state index contributed by atoms with van der Waals surface area (Å²) < 4.78 is 15.8. The molecule has 0 aliphatic carbocycles. The Balaban J connectivity index is 1.59. The molecular formula is C23H20N4O8. The highest BCUT2D eigenvalue weighted by Crippen LogP contribution is 2.29. The molecule has 3 rings (SSSR count). The van der Waals surface area contributed by atoms with Gasteiger partial charge in [-0.15, -0.1) is 0 Å². The third kappa shape index (κ3) is 6.99. The molecule has 35 heavy (non-hydrogen) atoms. The Hall–Kier alpha value is -5.00. The van der Waals surface area contributed by atoms with Gasteiger partial charge in [-0.05, 0) is 55.0 Å². The molecule has 0 fully saturated rings. The molecule has 3 aromatic rings. The number of hydrogen-bond acceptors (Lipinski definition) is 9. The fraction of sp³-hybridized carbons (Fsp3) is 0.130. The number of rotatable bonds is 10. The predicted octanol–water partition coefficient (Wildman–Crippen LogP) is 2.69. The number of ether oxygens (including phenoxy) is 2. The van der Waals surface area contributed by atoms with E-state index in [1.165, 1.54) is 48.9 Å². The van der Waals surface area contributed by atoms with Crippen LogP contribution in [0, 0.1) is 10.1 Å². The summed E-state index contributed by atoms with van der Waals surface area (Å²) in [4.78, 5) is 46.2. The number of nitro benzene ring substituents is 1. The lowest BCUT2D eigenvalue weighted by Gasteiger charge is -2.11. The lowest BCUT2D eigenvalue weighted by atomic mass is 10.2. The Bertz CT molecular complexity index is 1240. The van der Waals surface area contributed by atoms with Gasteiger partial charge >= 0.3 is 5.97 Å². The topological polar surface area (TPSA) is 162 Å². The first kappa shape index (κ1) is 24.6. The second-order valence-electron chi connectivity index (χ2n) is 6.79. The molecule has 0 saturated heterocycles. The van der Waals surface area contributed by atoms with Gasteiger partial charge < -0.3 is 19.2 Å². The van der Waals surface area contributed by atoms with E-state index in [9.17, 15) is 24.5 Å². The van der Waals surface area contributed by atoms with Gasteiger partial charge in [0.05, 0.1) is 36.1 Å². The van der Waals surface area contributed by atoms with E-state index in [0.29, 0.717) is 5.56 Å². The summed E-state index contributed by atoms with van der Waals surface area (Å²) in [6.45, 7) is 1.73. The van der Waals surface area contributed by atoms with Crippen LogP contribution in [-0.4, -0.2) is 42.1 Å². The van der Waals surface area contributed by atoms with Crippen molar-refractivity contribution in [3.05, 3.63) is 87.9 Å². The molecule has 2 aromatic carbocycles. The quantitative estimate of drug-likeness (QED) is 0.147. The maximum atomic E-state index is 12.4. The van der Waals surface area contributed by atoms with Gasteiger partial charge in [0.15, 0.2) is 17.3 Å². The Labute approximate surface area is 198 Å². The van der Waals surface area contributed by atoms with E-state index in [2.05, 4.69) is 15.8 Å². The maximum absolute atomic E-state index is 12.4. The van der Waals surface area contributed by atoms with Crippen LogP contribution in [0.3, 0.4) is 0 Å². The minimum absolute atomic E-state index is 0.0825. The fourth-order valence-corrected chi connectivity index (χ4v) is 2.71. The minimum atomic E-state index is -0.717. The molecule has 0 unspecified atom stereocenters. The van der Waals surface area contributed by atoms with Crippen molar-refractivity contribution in [3.8, 4) is 11.5 Å². The van der Waals surface area contributed by atoms with E-state index in [0.717, 1.165) is 0 Å². The minimum Gasteiger partial charge on any atom is -0.490 e. The molecule has 0 atom stereocenters. The third-order valence-corrected chi connectivity index (χ3v) is 4.34. The van der Waals surface area contributed by atoms with Gasteiger partial charge in [0.1, 0.15) is 0 Å². The van der Waals surface area contributed by atoms with E-state index in [1.807, 2.05) is 0 Å². The number of hydrogen-bond donors (Lipinski definition) is 2. The highest BCUT2D eigenvalue weighted by molar-refractivity contribution is 5.94. The average molecular weight is 480 g/mol. The van der Waals surface area contributed by atoms with Crippen molar-refractivity contribution >= 4 is 29.7 Å². The molecule has 12 nitrogen and oxygen atoms in total. The van der Waals surface area contributed by atoms with Crippen LogP contribution in [0.5, 0.6) is 11.5 Å². The molecule has 0 bridgehead atoms. The number of hydrazone groups is 1. The van der Waals surface area contributed by atoms with Gasteiger partial charge in [0.25, 0.3) is 17.5 Å². The second kappa shape index (κ2) is 11.7. The molecule has 12 heteroatoms. The fourth-order valence-electron chi connectivity index (χ4n) is 2.71. The van der Waals surface area contributed by atoms with Crippen molar-refractivity contribution < 1.29 is 33.2 Å². The smallest absolute Gasteiger partial charge is 0.343 e. The normalized spacial score (nSPS) is 10.5.